The lowest BCUT2D eigenvalue weighted by molar-refractivity contribution is -0.123. The lowest BCUT2D eigenvalue weighted by Gasteiger charge is -2.16. The molecule has 0 saturated carbocycles. The van der Waals surface area contributed by atoms with E-state index in [1.807, 2.05) is 20.8 Å². The largest absolute Gasteiger partial charge is 0.396 e. The Balaban J connectivity index is 2.19. The summed E-state index contributed by atoms with van der Waals surface area (Å²) in [7, 11) is 0. The van der Waals surface area contributed by atoms with Crippen molar-refractivity contribution in [3.63, 3.8) is 0 Å². The van der Waals surface area contributed by atoms with Crippen molar-refractivity contribution in [2.24, 2.45) is 5.41 Å². The van der Waals surface area contributed by atoms with Crippen LogP contribution in [0.15, 0.2) is 18.2 Å². The molecule has 25 heavy (non-hydrogen) atoms. The number of nitrogen functional groups attached to an aromatic ring is 1. The van der Waals surface area contributed by atoms with E-state index in [4.69, 9.17) is 28.9 Å². The summed E-state index contributed by atoms with van der Waals surface area (Å²) in [5.41, 5.74) is 6.65. The molecule has 0 aliphatic heterocycles. The Morgan fingerprint density at radius 3 is 2.16 bits per heavy atom. The molecule has 2 rings (SSSR count). The molecule has 0 bridgehead atoms. The first-order valence-electron chi connectivity index (χ1n) is 7.47. The monoisotopic (exact) mass is 399 g/mol. The molecule has 0 radical (unpaired) electrons. The Labute approximate surface area is 160 Å². The average Bonchev–Trinajstić information content (AvgIpc) is 2.84. The van der Waals surface area contributed by atoms with Crippen LogP contribution in [0, 0.1) is 12.3 Å². The maximum atomic E-state index is 12.5. The van der Waals surface area contributed by atoms with Crippen molar-refractivity contribution in [1.29, 1.82) is 0 Å². The molecule has 0 aliphatic carbocycles. The predicted octanol–water partition coefficient (Wildman–Crippen LogP) is 5.18. The van der Waals surface area contributed by atoms with Crippen LogP contribution in [-0.4, -0.2) is 11.8 Å². The second-order valence-corrected chi connectivity index (χ2v) is 8.50. The van der Waals surface area contributed by atoms with Gasteiger partial charge < -0.3 is 16.4 Å². The van der Waals surface area contributed by atoms with Crippen LogP contribution >= 0.6 is 34.5 Å². The van der Waals surface area contributed by atoms with Gasteiger partial charge in [-0.15, -0.1) is 11.3 Å². The van der Waals surface area contributed by atoms with Gasteiger partial charge in [-0.2, -0.15) is 0 Å². The van der Waals surface area contributed by atoms with Gasteiger partial charge in [-0.25, -0.2) is 0 Å². The molecule has 5 nitrogen and oxygen atoms in total. The summed E-state index contributed by atoms with van der Waals surface area (Å²) in [5, 5.41) is 6.72. The van der Waals surface area contributed by atoms with Gasteiger partial charge >= 0.3 is 0 Å². The topological polar surface area (TPSA) is 84.2 Å². The molecule has 0 unspecified atom stereocenters. The van der Waals surface area contributed by atoms with Gasteiger partial charge in [-0.05, 0) is 30.7 Å². The van der Waals surface area contributed by atoms with Crippen molar-refractivity contribution in [1.82, 2.24) is 0 Å². The summed E-state index contributed by atoms with van der Waals surface area (Å²) in [4.78, 5) is 25.1. The molecule has 2 aromatic rings. The Bertz CT molecular complexity index is 818. The third-order valence-corrected chi connectivity index (χ3v) is 5.16. The molecule has 1 aromatic carbocycles. The van der Waals surface area contributed by atoms with Gasteiger partial charge in [0.15, 0.2) is 0 Å². The maximum absolute atomic E-state index is 12.5. The number of aryl methyl sites for hydroxylation is 1. The van der Waals surface area contributed by atoms with Gasteiger partial charge in [0.25, 0.3) is 5.91 Å². The van der Waals surface area contributed by atoms with Gasteiger partial charge in [-0.1, -0.05) is 44.0 Å². The zero-order valence-corrected chi connectivity index (χ0v) is 16.6. The van der Waals surface area contributed by atoms with Crippen LogP contribution in [0.4, 0.5) is 16.4 Å². The van der Waals surface area contributed by atoms with E-state index < -0.39 is 5.41 Å². The standard InChI is InChI=1S/C17H19Cl2N3O2S/c1-8-5-12(22-16(24)17(2,3)4)25-14(8)15(23)21-9-6-10(18)13(20)11(19)7-9/h5-7H,20H2,1-4H3,(H,21,23)(H,22,24). The average molecular weight is 400 g/mol. The summed E-state index contributed by atoms with van der Waals surface area (Å²) in [5.74, 6) is -0.423. The van der Waals surface area contributed by atoms with E-state index in [-0.39, 0.29) is 27.5 Å². The summed E-state index contributed by atoms with van der Waals surface area (Å²) in [6, 6.07) is 4.84. The number of nitrogens with one attached hydrogen (secondary N) is 2. The van der Waals surface area contributed by atoms with Crippen molar-refractivity contribution < 1.29 is 9.59 Å². The normalized spacial score (nSPS) is 11.3. The molecule has 1 heterocycles. The highest BCUT2D eigenvalue weighted by Gasteiger charge is 2.23. The minimum absolute atomic E-state index is 0.113. The number of carbonyl (C=O) groups excluding carboxylic acids is 2. The number of rotatable bonds is 3. The first-order valence-corrected chi connectivity index (χ1v) is 9.04. The highest BCUT2D eigenvalue weighted by Crippen LogP contribution is 2.33. The first-order chi connectivity index (χ1) is 11.5. The number of benzene rings is 1. The van der Waals surface area contributed by atoms with E-state index in [0.29, 0.717) is 15.6 Å². The Kier molecular flexibility index (Phi) is 5.66. The number of hydrogen-bond acceptors (Lipinski definition) is 4. The van der Waals surface area contributed by atoms with Gasteiger partial charge in [-0.3, -0.25) is 9.59 Å². The Morgan fingerprint density at radius 2 is 1.64 bits per heavy atom. The third kappa shape index (κ3) is 4.66. The Hall–Kier alpha value is -1.76. The zero-order valence-electron chi connectivity index (χ0n) is 14.3. The minimum atomic E-state index is -0.516. The molecule has 8 heteroatoms. The smallest absolute Gasteiger partial charge is 0.266 e. The molecule has 2 amide bonds. The molecule has 0 aliphatic rings. The van der Waals surface area contributed by atoms with Crippen LogP contribution in [0.2, 0.25) is 10.0 Å². The maximum Gasteiger partial charge on any atom is 0.266 e. The highest BCUT2D eigenvalue weighted by molar-refractivity contribution is 7.18. The Morgan fingerprint density at radius 1 is 1.08 bits per heavy atom. The summed E-state index contributed by atoms with van der Waals surface area (Å²) >= 11 is 13.2. The second-order valence-electron chi connectivity index (χ2n) is 6.63. The van der Waals surface area contributed by atoms with Crippen molar-refractivity contribution in [2.45, 2.75) is 27.7 Å². The predicted molar refractivity (Wildman–Crippen MR) is 106 cm³/mol. The van der Waals surface area contributed by atoms with Crippen molar-refractivity contribution >= 4 is 62.7 Å². The molecule has 0 saturated heterocycles. The van der Waals surface area contributed by atoms with Crippen LogP contribution in [0.5, 0.6) is 0 Å². The number of hydrogen-bond donors (Lipinski definition) is 3. The summed E-state index contributed by atoms with van der Waals surface area (Å²) < 4.78 is 0. The summed E-state index contributed by atoms with van der Waals surface area (Å²) in [6.07, 6.45) is 0. The number of halogens is 2. The fourth-order valence-corrected chi connectivity index (χ4v) is 3.36. The number of anilines is 3. The van der Waals surface area contributed by atoms with Crippen molar-refractivity contribution in [3.8, 4) is 0 Å². The van der Waals surface area contributed by atoms with E-state index in [0.717, 1.165) is 5.56 Å². The lowest BCUT2D eigenvalue weighted by atomic mass is 9.96. The zero-order chi connectivity index (χ0) is 18.9. The molecule has 4 N–H and O–H groups in total. The minimum Gasteiger partial charge on any atom is -0.396 e. The number of thiophene rings is 1. The third-order valence-electron chi connectivity index (χ3n) is 3.38. The first kappa shape index (κ1) is 19.6. The van der Waals surface area contributed by atoms with Crippen LogP contribution in [0.3, 0.4) is 0 Å². The lowest BCUT2D eigenvalue weighted by Crippen LogP contribution is -2.27. The van der Waals surface area contributed by atoms with Gasteiger partial charge in [0, 0.05) is 11.1 Å². The molecular weight excluding hydrogens is 381 g/mol. The molecule has 0 atom stereocenters. The SMILES string of the molecule is Cc1cc(NC(=O)C(C)(C)C)sc1C(=O)Nc1cc(Cl)c(N)c(Cl)c1. The number of carbonyl (C=O) groups is 2. The van der Waals surface area contributed by atoms with Gasteiger partial charge in [0.1, 0.15) is 0 Å². The molecule has 1 aromatic heterocycles. The molecule has 0 spiro atoms. The van der Waals surface area contributed by atoms with Crippen LogP contribution in [-0.2, 0) is 4.79 Å². The van der Waals surface area contributed by atoms with Gasteiger partial charge in [0.2, 0.25) is 5.91 Å². The summed E-state index contributed by atoms with van der Waals surface area (Å²) in [6.45, 7) is 7.28. The van der Waals surface area contributed by atoms with Gasteiger partial charge in [0.05, 0.1) is 25.6 Å². The quantitative estimate of drug-likeness (QED) is 0.621. The van der Waals surface area contributed by atoms with Crippen molar-refractivity contribution in [3.05, 3.63) is 38.7 Å². The molecule has 134 valence electrons. The van der Waals surface area contributed by atoms with Crippen LogP contribution < -0.4 is 16.4 Å². The molecular formula is C17H19Cl2N3O2S. The van der Waals surface area contributed by atoms with Crippen molar-refractivity contribution in [2.75, 3.05) is 16.4 Å². The van der Waals surface area contributed by atoms with E-state index in [1.54, 1.807) is 13.0 Å². The van der Waals surface area contributed by atoms with E-state index in [2.05, 4.69) is 10.6 Å². The molecule has 0 fully saturated rings. The van der Waals surface area contributed by atoms with Crippen LogP contribution in [0.25, 0.3) is 0 Å². The van der Waals surface area contributed by atoms with E-state index in [1.165, 1.54) is 23.5 Å². The fraction of sp³-hybridized carbons (Fsp3) is 0.294. The van der Waals surface area contributed by atoms with E-state index in [9.17, 15) is 9.59 Å². The number of amides is 2. The highest BCUT2D eigenvalue weighted by atomic mass is 35.5. The second kappa shape index (κ2) is 7.23. The number of nitrogens with two attached hydrogens (primary N) is 1. The van der Waals surface area contributed by atoms with E-state index >= 15 is 0 Å². The fourth-order valence-electron chi connectivity index (χ4n) is 1.91. The van der Waals surface area contributed by atoms with Crippen LogP contribution in [0.1, 0.15) is 36.0 Å².